The van der Waals surface area contributed by atoms with E-state index >= 15 is 0 Å². The quantitative estimate of drug-likeness (QED) is 0.157. The standard InChI is InChI=1S/C61H37N3/c1-2-9-45(10-3-1)61-63-55(36-56(64-61)41-26-22-39(23-27-41)49-16-8-32-62-37-49)40-24-20-38(21-25-40)46-14-4-15-47(33-46)50-34-48-31-30-44-12-6-18-52-51-17-5-11-42-28-29-43-13-7-19-53(59(43)57(42)51)54(35-50)60(48)58(44)52/h1-37H. The Hall–Kier alpha value is -8.53. The largest absolute Gasteiger partial charge is 0.264 e. The summed E-state index contributed by atoms with van der Waals surface area (Å²) in [6, 6.07) is 77.0. The van der Waals surface area contributed by atoms with Gasteiger partial charge in [-0.2, -0.15) is 0 Å². The lowest BCUT2D eigenvalue weighted by Gasteiger charge is -2.17. The van der Waals surface area contributed by atoms with Crippen molar-refractivity contribution in [2.24, 2.45) is 0 Å². The molecule has 0 N–H and O–H groups in total. The lowest BCUT2D eigenvalue weighted by molar-refractivity contribution is 1.18. The smallest absolute Gasteiger partial charge is 0.160 e. The first-order valence-corrected chi connectivity index (χ1v) is 21.8. The van der Waals surface area contributed by atoms with E-state index in [4.69, 9.17) is 9.97 Å². The minimum absolute atomic E-state index is 0.698. The SMILES string of the molecule is c1ccc(-c2nc(-c3ccc(-c4cccnc4)cc3)cc(-c3ccc(-c4cccc(-c5cc6ccc7cccc8c9cccc%10ccc%11cccc(c(c5)c6c78)c%11c%109)c4)cc3)n2)cc1. The third-order valence-electron chi connectivity index (χ3n) is 13.1. The first-order chi connectivity index (χ1) is 31.7. The molecule has 11 aromatic carbocycles. The summed E-state index contributed by atoms with van der Waals surface area (Å²) in [5.41, 5.74) is 11.7. The molecule has 0 aliphatic rings. The lowest BCUT2D eigenvalue weighted by atomic mass is 9.86. The van der Waals surface area contributed by atoms with Crippen LogP contribution in [0.15, 0.2) is 225 Å². The van der Waals surface area contributed by atoms with Crippen molar-refractivity contribution in [1.29, 1.82) is 0 Å². The van der Waals surface area contributed by atoms with Crippen molar-refractivity contribution in [1.82, 2.24) is 15.0 Å². The number of hydrogen-bond donors (Lipinski definition) is 0. The highest BCUT2D eigenvalue weighted by Crippen LogP contribution is 2.45. The van der Waals surface area contributed by atoms with E-state index in [0.29, 0.717) is 5.82 Å². The molecule has 3 heteroatoms. The summed E-state index contributed by atoms with van der Waals surface area (Å²) < 4.78 is 0. The number of pyridine rings is 1. The summed E-state index contributed by atoms with van der Waals surface area (Å²) in [6.45, 7) is 0. The second kappa shape index (κ2) is 14.5. The molecule has 0 atom stereocenters. The summed E-state index contributed by atoms with van der Waals surface area (Å²) in [5.74, 6) is 0.698. The van der Waals surface area contributed by atoms with Crippen molar-refractivity contribution in [2.45, 2.75) is 0 Å². The molecule has 0 radical (unpaired) electrons. The molecular formula is C61H37N3. The molecule has 0 unspecified atom stereocenters. The van der Waals surface area contributed by atoms with Crippen molar-refractivity contribution in [3.63, 3.8) is 0 Å². The minimum atomic E-state index is 0.698. The topological polar surface area (TPSA) is 38.7 Å². The summed E-state index contributed by atoms with van der Waals surface area (Å²) in [4.78, 5) is 14.5. The zero-order valence-corrected chi connectivity index (χ0v) is 34.7. The molecule has 296 valence electrons. The van der Waals surface area contributed by atoms with Crippen molar-refractivity contribution in [3.05, 3.63) is 225 Å². The molecule has 0 aliphatic heterocycles. The fourth-order valence-electron chi connectivity index (χ4n) is 9.99. The van der Waals surface area contributed by atoms with Crippen LogP contribution in [0.3, 0.4) is 0 Å². The van der Waals surface area contributed by atoms with Gasteiger partial charge in [0.05, 0.1) is 11.4 Å². The van der Waals surface area contributed by atoms with Crippen LogP contribution in [-0.2, 0) is 0 Å². The van der Waals surface area contributed by atoms with Gasteiger partial charge in [0, 0.05) is 29.1 Å². The van der Waals surface area contributed by atoms with E-state index in [1.54, 1.807) is 6.20 Å². The Bertz CT molecular complexity index is 3910. The van der Waals surface area contributed by atoms with Gasteiger partial charge in [0.25, 0.3) is 0 Å². The van der Waals surface area contributed by atoms with Crippen LogP contribution in [-0.4, -0.2) is 15.0 Å². The van der Waals surface area contributed by atoms with E-state index in [-0.39, 0.29) is 0 Å². The third-order valence-corrected chi connectivity index (χ3v) is 13.1. The van der Waals surface area contributed by atoms with Crippen LogP contribution in [0.4, 0.5) is 0 Å². The Labute approximate surface area is 370 Å². The van der Waals surface area contributed by atoms with Gasteiger partial charge >= 0.3 is 0 Å². The van der Waals surface area contributed by atoms with Crippen LogP contribution in [0, 0.1) is 0 Å². The molecule has 2 aromatic heterocycles. The van der Waals surface area contributed by atoms with Crippen molar-refractivity contribution < 1.29 is 0 Å². The molecule has 0 spiro atoms. The Kier molecular flexibility index (Phi) is 8.22. The minimum Gasteiger partial charge on any atom is -0.264 e. The first-order valence-electron chi connectivity index (χ1n) is 21.8. The zero-order chi connectivity index (χ0) is 42.1. The van der Waals surface area contributed by atoms with Crippen LogP contribution in [0.25, 0.3) is 132 Å². The van der Waals surface area contributed by atoms with Gasteiger partial charge in [0.1, 0.15) is 0 Å². The average Bonchev–Trinajstić information content (AvgIpc) is 3.37. The molecule has 0 fully saturated rings. The van der Waals surface area contributed by atoms with Gasteiger partial charge in [-0.1, -0.05) is 182 Å². The molecule has 13 aromatic rings. The van der Waals surface area contributed by atoms with Crippen LogP contribution in [0.1, 0.15) is 0 Å². The summed E-state index contributed by atoms with van der Waals surface area (Å²) in [7, 11) is 0. The predicted molar refractivity (Wildman–Crippen MR) is 269 cm³/mol. The van der Waals surface area contributed by atoms with E-state index in [0.717, 1.165) is 50.3 Å². The fourth-order valence-corrected chi connectivity index (χ4v) is 9.99. The van der Waals surface area contributed by atoms with Gasteiger partial charge in [-0.25, -0.2) is 9.97 Å². The average molecular weight is 812 g/mol. The Morgan fingerprint density at radius 3 is 1.30 bits per heavy atom. The number of nitrogens with zero attached hydrogens (tertiary/aromatic N) is 3. The number of benzene rings is 10. The highest BCUT2D eigenvalue weighted by atomic mass is 14.9. The summed E-state index contributed by atoms with van der Waals surface area (Å²) in [6.07, 6.45) is 3.69. The molecule has 2 heterocycles. The van der Waals surface area contributed by atoms with Gasteiger partial charge in [-0.15, -0.1) is 0 Å². The molecule has 0 bridgehead atoms. The summed E-state index contributed by atoms with van der Waals surface area (Å²) >= 11 is 0. The second-order valence-electron chi connectivity index (χ2n) is 16.8. The molecule has 13 rings (SSSR count). The highest BCUT2D eigenvalue weighted by Gasteiger charge is 2.17. The fraction of sp³-hybridized carbons (Fsp3) is 0. The second-order valence-corrected chi connectivity index (χ2v) is 16.8. The normalized spacial score (nSPS) is 11.8. The predicted octanol–water partition coefficient (Wildman–Crippen LogP) is 16.2. The maximum atomic E-state index is 5.12. The Morgan fingerprint density at radius 1 is 0.250 bits per heavy atom. The van der Waals surface area contributed by atoms with Crippen molar-refractivity contribution >= 4 is 64.6 Å². The van der Waals surface area contributed by atoms with Gasteiger partial charge in [0.15, 0.2) is 5.82 Å². The van der Waals surface area contributed by atoms with E-state index in [1.807, 2.05) is 30.5 Å². The van der Waals surface area contributed by atoms with Crippen LogP contribution in [0.2, 0.25) is 0 Å². The van der Waals surface area contributed by atoms with E-state index in [2.05, 4.69) is 193 Å². The van der Waals surface area contributed by atoms with Crippen LogP contribution >= 0.6 is 0 Å². The van der Waals surface area contributed by atoms with E-state index in [9.17, 15) is 0 Å². The van der Waals surface area contributed by atoms with Gasteiger partial charge in [0.2, 0.25) is 0 Å². The molecule has 0 saturated carbocycles. The third kappa shape index (κ3) is 5.94. The van der Waals surface area contributed by atoms with E-state index in [1.165, 1.54) is 75.8 Å². The maximum absolute atomic E-state index is 5.12. The number of rotatable bonds is 6. The molecule has 0 amide bonds. The first kappa shape index (κ1) is 36.2. The Morgan fingerprint density at radius 2 is 0.719 bits per heavy atom. The van der Waals surface area contributed by atoms with Gasteiger partial charge < -0.3 is 0 Å². The highest BCUT2D eigenvalue weighted by molar-refractivity contribution is 6.37. The van der Waals surface area contributed by atoms with Crippen molar-refractivity contribution in [2.75, 3.05) is 0 Å². The van der Waals surface area contributed by atoms with E-state index < -0.39 is 0 Å². The maximum Gasteiger partial charge on any atom is 0.160 e. The molecular weight excluding hydrogens is 775 g/mol. The zero-order valence-electron chi connectivity index (χ0n) is 34.7. The molecule has 64 heavy (non-hydrogen) atoms. The molecule has 0 aliphatic carbocycles. The molecule has 0 saturated heterocycles. The van der Waals surface area contributed by atoms with Gasteiger partial charge in [-0.3, -0.25) is 4.98 Å². The molecule has 3 nitrogen and oxygen atoms in total. The number of hydrogen-bond acceptors (Lipinski definition) is 3. The summed E-state index contributed by atoms with van der Waals surface area (Å²) in [5, 5.41) is 15.5. The number of aromatic nitrogens is 3. The number of fused-ring (bicyclic) bond motifs is 2. The van der Waals surface area contributed by atoms with Crippen LogP contribution in [0.5, 0.6) is 0 Å². The lowest BCUT2D eigenvalue weighted by Crippen LogP contribution is -1.96. The Balaban J connectivity index is 0.918. The van der Waals surface area contributed by atoms with Crippen LogP contribution < -0.4 is 0 Å². The van der Waals surface area contributed by atoms with Crippen molar-refractivity contribution in [3.8, 4) is 67.3 Å². The monoisotopic (exact) mass is 811 g/mol. The van der Waals surface area contributed by atoms with Gasteiger partial charge in [-0.05, 0) is 128 Å².